The van der Waals surface area contributed by atoms with Gasteiger partial charge in [-0.15, -0.1) is 0 Å². The van der Waals surface area contributed by atoms with Crippen LogP contribution in [0.2, 0.25) is 0 Å². The average Bonchev–Trinajstić information content (AvgIpc) is 2.59. The minimum atomic E-state index is -4.16. The van der Waals surface area contributed by atoms with E-state index in [2.05, 4.69) is 0 Å². The van der Waals surface area contributed by atoms with E-state index in [1.807, 2.05) is 19.1 Å². The van der Waals surface area contributed by atoms with E-state index in [0.717, 1.165) is 0 Å². The zero-order valence-electron chi connectivity index (χ0n) is 14.6. The minimum absolute atomic E-state index is 0. The van der Waals surface area contributed by atoms with Gasteiger partial charge in [-0.2, -0.15) is 8.42 Å². The van der Waals surface area contributed by atoms with Crippen molar-refractivity contribution in [2.24, 2.45) is 0 Å². The molecule has 5 N–H and O–H groups in total. The van der Waals surface area contributed by atoms with Crippen molar-refractivity contribution < 1.29 is 27.6 Å². The summed E-state index contributed by atoms with van der Waals surface area (Å²) in [6.45, 7) is 2.31. The molecule has 0 heterocycles. The number of hydrogen-bond acceptors (Lipinski definition) is 6. The Morgan fingerprint density at radius 2 is 1.58 bits per heavy atom. The molecule has 8 heteroatoms. The summed E-state index contributed by atoms with van der Waals surface area (Å²) in [6.07, 6.45) is -2.08. The third kappa shape index (κ3) is 6.64. The van der Waals surface area contributed by atoms with Crippen molar-refractivity contribution in [2.75, 3.05) is 12.4 Å². The van der Waals surface area contributed by atoms with E-state index in [0.29, 0.717) is 23.7 Å². The van der Waals surface area contributed by atoms with Crippen molar-refractivity contribution >= 4 is 10.1 Å². The molecular formula is C18H25NO6S. The molecule has 0 aliphatic carbocycles. The van der Waals surface area contributed by atoms with Gasteiger partial charge in [0.15, 0.2) is 11.5 Å². The highest BCUT2D eigenvalue weighted by molar-refractivity contribution is 7.85. The number of aliphatic hydroxyl groups excluding tert-OH is 1. The Bertz CT molecular complexity index is 766. The fraction of sp³-hybridized carbons (Fsp3) is 0.333. The summed E-state index contributed by atoms with van der Waals surface area (Å²) in [4.78, 5) is 0. The molecule has 0 aliphatic heterocycles. The topological polar surface area (TPSA) is 128 Å². The Balaban J connectivity index is 0.00000338. The van der Waals surface area contributed by atoms with Gasteiger partial charge in [0, 0.05) is 0 Å². The maximum absolute atomic E-state index is 11.0. The number of ether oxygens (including phenoxy) is 2. The lowest BCUT2D eigenvalue weighted by atomic mass is 10.0. The van der Waals surface area contributed by atoms with Crippen molar-refractivity contribution in [1.82, 2.24) is 6.15 Å². The molecule has 2 aromatic rings. The van der Waals surface area contributed by atoms with Gasteiger partial charge >= 0.3 is 0 Å². The van der Waals surface area contributed by atoms with Gasteiger partial charge in [-0.1, -0.05) is 42.5 Å². The van der Waals surface area contributed by atoms with E-state index in [1.165, 1.54) is 0 Å². The zero-order chi connectivity index (χ0) is 18.3. The van der Waals surface area contributed by atoms with Crippen molar-refractivity contribution in [3.63, 3.8) is 0 Å². The summed E-state index contributed by atoms with van der Waals surface area (Å²) >= 11 is 0. The molecule has 0 radical (unpaired) electrons. The van der Waals surface area contributed by atoms with Gasteiger partial charge in [-0.3, -0.25) is 4.55 Å². The summed E-state index contributed by atoms with van der Waals surface area (Å²) < 4.78 is 42.4. The molecule has 7 nitrogen and oxygen atoms in total. The van der Waals surface area contributed by atoms with Crippen LogP contribution in [0.25, 0.3) is 0 Å². The zero-order valence-corrected chi connectivity index (χ0v) is 15.4. The van der Waals surface area contributed by atoms with Gasteiger partial charge in [0.05, 0.1) is 18.5 Å². The predicted molar refractivity (Wildman–Crippen MR) is 99.5 cm³/mol. The molecule has 2 unspecified atom stereocenters. The van der Waals surface area contributed by atoms with Crippen molar-refractivity contribution in [1.29, 1.82) is 0 Å². The van der Waals surface area contributed by atoms with E-state index >= 15 is 0 Å². The van der Waals surface area contributed by atoms with Gasteiger partial charge < -0.3 is 20.7 Å². The lowest BCUT2D eigenvalue weighted by Gasteiger charge is -2.25. The minimum Gasteiger partial charge on any atom is -0.490 e. The Kier molecular flexibility index (Phi) is 8.53. The molecule has 2 rings (SSSR count). The molecule has 0 spiro atoms. The van der Waals surface area contributed by atoms with Crippen LogP contribution in [0.1, 0.15) is 25.0 Å². The van der Waals surface area contributed by atoms with Crippen LogP contribution in [0.4, 0.5) is 0 Å². The lowest BCUT2D eigenvalue weighted by molar-refractivity contribution is 0.0315. The summed E-state index contributed by atoms with van der Waals surface area (Å²) in [7, 11) is -4.16. The normalized spacial score (nSPS) is 13.3. The number of hydrogen-bond donors (Lipinski definition) is 3. The Morgan fingerprint density at radius 1 is 1.00 bits per heavy atom. The molecule has 0 saturated carbocycles. The van der Waals surface area contributed by atoms with Crippen molar-refractivity contribution in [3.8, 4) is 11.5 Å². The van der Waals surface area contributed by atoms with Crippen molar-refractivity contribution in [2.45, 2.75) is 25.6 Å². The maximum atomic E-state index is 11.0. The molecular weight excluding hydrogens is 358 g/mol. The molecule has 0 aliphatic rings. The summed E-state index contributed by atoms with van der Waals surface area (Å²) in [5.41, 5.74) is 0.691. The average molecular weight is 383 g/mol. The van der Waals surface area contributed by atoms with Gasteiger partial charge in [-0.05, 0) is 31.0 Å². The van der Waals surface area contributed by atoms with Crippen LogP contribution >= 0.6 is 0 Å². The Labute approximate surface area is 153 Å². The molecule has 0 bridgehead atoms. The number of para-hydroxylation sites is 2. The second kappa shape index (κ2) is 10.1. The molecule has 26 heavy (non-hydrogen) atoms. The highest BCUT2D eigenvalue weighted by Crippen LogP contribution is 2.33. The molecule has 2 atom stereocenters. The second-order valence-electron chi connectivity index (χ2n) is 5.47. The van der Waals surface area contributed by atoms with E-state index in [-0.39, 0.29) is 12.6 Å². The summed E-state index contributed by atoms with van der Waals surface area (Å²) in [6, 6.07) is 16.1. The first-order chi connectivity index (χ1) is 11.9. The van der Waals surface area contributed by atoms with Crippen LogP contribution in [0.15, 0.2) is 54.6 Å². The van der Waals surface area contributed by atoms with E-state index < -0.39 is 28.1 Å². The molecule has 0 aromatic heterocycles. The lowest BCUT2D eigenvalue weighted by Crippen LogP contribution is -2.26. The highest BCUT2D eigenvalue weighted by atomic mass is 32.2. The van der Waals surface area contributed by atoms with Crippen LogP contribution in [0.5, 0.6) is 11.5 Å². The molecule has 0 saturated heterocycles. The van der Waals surface area contributed by atoms with Gasteiger partial charge in [0.25, 0.3) is 10.1 Å². The molecule has 144 valence electrons. The Morgan fingerprint density at radius 3 is 2.15 bits per heavy atom. The van der Waals surface area contributed by atoms with Crippen LogP contribution in [0.3, 0.4) is 0 Å². The fourth-order valence-electron chi connectivity index (χ4n) is 2.39. The SMILES string of the molecule is CCOc1ccccc1OC(c1ccccc1)C(O)CCS(=O)(=O)O.N. The first kappa shape index (κ1) is 21.9. The number of rotatable bonds is 9. The standard InChI is InChI=1S/C18H22O6S.H3N/c1-2-23-16-10-6-7-11-17(16)24-18(14-8-4-3-5-9-14)15(19)12-13-25(20,21)22;/h3-11,15,18-19H,2,12-13H2,1H3,(H,20,21,22);1H3. The fourth-order valence-corrected chi connectivity index (χ4v) is 2.93. The third-order valence-electron chi connectivity index (χ3n) is 3.55. The van der Waals surface area contributed by atoms with E-state index in [4.69, 9.17) is 14.0 Å². The van der Waals surface area contributed by atoms with Crippen LogP contribution in [-0.2, 0) is 10.1 Å². The van der Waals surface area contributed by atoms with Gasteiger partial charge in [-0.25, -0.2) is 0 Å². The maximum Gasteiger partial charge on any atom is 0.264 e. The molecule has 2 aromatic carbocycles. The van der Waals surface area contributed by atoms with E-state index in [9.17, 15) is 13.5 Å². The largest absolute Gasteiger partial charge is 0.490 e. The van der Waals surface area contributed by atoms with Crippen LogP contribution < -0.4 is 15.6 Å². The summed E-state index contributed by atoms with van der Waals surface area (Å²) in [5, 5.41) is 10.5. The van der Waals surface area contributed by atoms with Crippen LogP contribution in [0, 0.1) is 0 Å². The number of aliphatic hydroxyl groups is 1. The monoisotopic (exact) mass is 383 g/mol. The van der Waals surface area contributed by atoms with Gasteiger partial charge in [0.2, 0.25) is 0 Å². The van der Waals surface area contributed by atoms with Crippen LogP contribution in [-0.4, -0.2) is 36.5 Å². The smallest absolute Gasteiger partial charge is 0.264 e. The van der Waals surface area contributed by atoms with Crippen molar-refractivity contribution in [3.05, 3.63) is 60.2 Å². The summed E-state index contributed by atoms with van der Waals surface area (Å²) in [5.74, 6) is 0.436. The first-order valence-electron chi connectivity index (χ1n) is 7.97. The number of benzene rings is 2. The van der Waals surface area contributed by atoms with Gasteiger partial charge in [0.1, 0.15) is 6.10 Å². The molecule has 0 amide bonds. The highest BCUT2D eigenvalue weighted by Gasteiger charge is 2.25. The molecule has 0 fully saturated rings. The van der Waals surface area contributed by atoms with E-state index in [1.54, 1.807) is 42.5 Å². The second-order valence-corrected chi connectivity index (χ2v) is 7.04. The Hall–Kier alpha value is -2.13. The first-order valence-corrected chi connectivity index (χ1v) is 9.58. The quantitative estimate of drug-likeness (QED) is 0.568. The predicted octanol–water partition coefficient (Wildman–Crippen LogP) is 3.01. The third-order valence-corrected chi connectivity index (χ3v) is 4.30.